The lowest BCUT2D eigenvalue weighted by atomic mass is 10.1. The second-order valence-corrected chi connectivity index (χ2v) is 4.81. The minimum atomic E-state index is -0.841. The highest BCUT2D eigenvalue weighted by molar-refractivity contribution is 5.81. The fourth-order valence-electron chi connectivity index (χ4n) is 1.84. The van der Waals surface area contributed by atoms with Crippen molar-refractivity contribution in [1.82, 2.24) is 5.32 Å². The third-order valence-electron chi connectivity index (χ3n) is 3.01. The number of rotatable bonds is 9. The molecule has 0 radical (unpaired) electrons. The van der Waals surface area contributed by atoms with Crippen molar-refractivity contribution in [3.63, 3.8) is 0 Å². The normalized spacial score (nSPS) is 11.3. The van der Waals surface area contributed by atoms with Gasteiger partial charge in [-0.2, -0.15) is 0 Å². The predicted octanol–water partition coefficient (Wildman–Crippen LogP) is 1.87. The Balaban J connectivity index is 2.34. The quantitative estimate of drug-likeness (QED) is 0.277. The lowest BCUT2D eigenvalue weighted by Crippen LogP contribution is -2.42. The molecule has 0 aromatic heterocycles. The second kappa shape index (κ2) is 9.38. The van der Waals surface area contributed by atoms with Crippen LogP contribution in [0.4, 0.5) is 5.69 Å². The van der Waals surface area contributed by atoms with Gasteiger partial charge in [0.15, 0.2) is 0 Å². The third-order valence-corrected chi connectivity index (χ3v) is 3.01. The van der Waals surface area contributed by atoms with Gasteiger partial charge in [-0.3, -0.25) is 9.59 Å². The van der Waals surface area contributed by atoms with Crippen LogP contribution in [-0.2, 0) is 16.0 Å². The maximum Gasteiger partial charge on any atom is 0.303 e. The molecule has 0 aliphatic rings. The first kappa shape index (κ1) is 17.5. The third kappa shape index (κ3) is 6.74. The summed E-state index contributed by atoms with van der Waals surface area (Å²) in [5.41, 5.74) is 15.5. The molecule has 0 aliphatic carbocycles. The molecule has 8 nitrogen and oxygen atoms in total. The van der Waals surface area contributed by atoms with Gasteiger partial charge >= 0.3 is 5.97 Å². The van der Waals surface area contributed by atoms with E-state index in [1.165, 1.54) is 0 Å². The fraction of sp³-hybridized carbons (Fsp3) is 0.429. The summed E-state index contributed by atoms with van der Waals surface area (Å²) in [5, 5.41) is 14.6. The van der Waals surface area contributed by atoms with Crippen molar-refractivity contribution in [2.75, 3.05) is 6.54 Å². The summed E-state index contributed by atoms with van der Waals surface area (Å²) in [6.45, 7) is 0.412. The van der Waals surface area contributed by atoms with Crippen molar-refractivity contribution in [3.8, 4) is 0 Å². The van der Waals surface area contributed by atoms with Crippen LogP contribution in [0.25, 0.3) is 10.4 Å². The first-order valence-electron chi connectivity index (χ1n) is 6.92. The highest BCUT2D eigenvalue weighted by atomic mass is 16.4. The smallest absolute Gasteiger partial charge is 0.303 e. The molecule has 22 heavy (non-hydrogen) atoms. The standard InChI is InChI=1S/C14H19N5O3/c15-12(14(22)17-8-2-1-3-13(20)21)9-10-4-6-11(7-5-10)18-19-16/h4-7,12H,1-3,8-9,15H2,(H,17,22)(H,20,21). The average molecular weight is 305 g/mol. The highest BCUT2D eigenvalue weighted by Gasteiger charge is 2.13. The summed E-state index contributed by atoms with van der Waals surface area (Å²) < 4.78 is 0. The molecule has 1 amide bonds. The molecule has 8 heteroatoms. The fourth-order valence-corrected chi connectivity index (χ4v) is 1.84. The van der Waals surface area contributed by atoms with Crippen LogP contribution in [0.1, 0.15) is 24.8 Å². The van der Waals surface area contributed by atoms with Crippen molar-refractivity contribution < 1.29 is 14.7 Å². The van der Waals surface area contributed by atoms with Gasteiger partial charge in [0, 0.05) is 23.6 Å². The Morgan fingerprint density at radius 2 is 2.00 bits per heavy atom. The van der Waals surface area contributed by atoms with Crippen LogP contribution in [0.15, 0.2) is 29.4 Å². The van der Waals surface area contributed by atoms with Crippen LogP contribution < -0.4 is 11.1 Å². The van der Waals surface area contributed by atoms with Crippen LogP contribution in [0, 0.1) is 0 Å². The number of nitrogens with zero attached hydrogens (tertiary/aromatic N) is 3. The first-order valence-corrected chi connectivity index (χ1v) is 6.92. The molecule has 118 valence electrons. The maximum atomic E-state index is 11.8. The van der Waals surface area contributed by atoms with Gasteiger partial charge in [-0.1, -0.05) is 29.4 Å². The summed E-state index contributed by atoms with van der Waals surface area (Å²) >= 11 is 0. The Kier molecular flexibility index (Phi) is 7.45. The minimum absolute atomic E-state index is 0.0967. The number of azide groups is 1. The number of hydrogen-bond acceptors (Lipinski definition) is 4. The monoisotopic (exact) mass is 305 g/mol. The number of carboxylic acid groups (broad SMARTS) is 1. The summed E-state index contributed by atoms with van der Waals surface area (Å²) in [7, 11) is 0. The Bertz CT molecular complexity index is 552. The van der Waals surface area contributed by atoms with Gasteiger partial charge in [-0.25, -0.2) is 0 Å². The molecule has 1 rings (SSSR count). The number of nitrogens with two attached hydrogens (primary N) is 1. The van der Waals surface area contributed by atoms with Crippen molar-refractivity contribution >= 4 is 17.6 Å². The zero-order valence-corrected chi connectivity index (χ0v) is 12.1. The van der Waals surface area contributed by atoms with Crippen LogP contribution in [0.5, 0.6) is 0 Å². The lowest BCUT2D eigenvalue weighted by Gasteiger charge is -2.12. The van der Waals surface area contributed by atoms with Crippen LogP contribution in [-0.4, -0.2) is 29.6 Å². The lowest BCUT2D eigenvalue weighted by molar-refractivity contribution is -0.137. The predicted molar refractivity (Wildman–Crippen MR) is 81.4 cm³/mol. The Morgan fingerprint density at radius 1 is 1.32 bits per heavy atom. The number of carbonyl (C=O) groups excluding carboxylic acids is 1. The van der Waals surface area contributed by atoms with Crippen LogP contribution in [0.3, 0.4) is 0 Å². The number of carboxylic acids is 1. The largest absolute Gasteiger partial charge is 0.481 e. The second-order valence-electron chi connectivity index (χ2n) is 4.81. The number of aliphatic carboxylic acids is 1. The molecule has 1 aromatic carbocycles. The molecule has 0 heterocycles. The summed E-state index contributed by atoms with van der Waals surface area (Å²) in [6, 6.07) is 6.15. The van der Waals surface area contributed by atoms with Gasteiger partial charge in [-0.15, -0.1) is 0 Å². The molecule has 0 bridgehead atoms. The molecule has 4 N–H and O–H groups in total. The summed E-state index contributed by atoms with van der Waals surface area (Å²) in [4.78, 5) is 24.8. The molecule has 1 aromatic rings. The number of nitrogens with one attached hydrogen (secondary N) is 1. The van der Waals surface area contributed by atoms with E-state index in [2.05, 4.69) is 15.3 Å². The Hall–Kier alpha value is -2.57. The van der Waals surface area contributed by atoms with Crippen molar-refractivity contribution in [2.24, 2.45) is 10.8 Å². The summed E-state index contributed by atoms with van der Waals surface area (Å²) in [6.07, 6.45) is 1.59. The minimum Gasteiger partial charge on any atom is -0.481 e. The van der Waals surface area contributed by atoms with E-state index in [1.54, 1.807) is 24.3 Å². The highest BCUT2D eigenvalue weighted by Crippen LogP contribution is 2.14. The van der Waals surface area contributed by atoms with Crippen LogP contribution >= 0.6 is 0 Å². The van der Waals surface area contributed by atoms with E-state index >= 15 is 0 Å². The molecule has 0 aliphatic heterocycles. The van der Waals surface area contributed by atoms with E-state index in [1.807, 2.05) is 0 Å². The number of amides is 1. The van der Waals surface area contributed by atoms with Crippen LogP contribution in [0.2, 0.25) is 0 Å². The van der Waals surface area contributed by atoms with Crippen molar-refractivity contribution in [1.29, 1.82) is 0 Å². The molecule has 0 fully saturated rings. The number of benzene rings is 1. The van der Waals surface area contributed by atoms with E-state index < -0.39 is 12.0 Å². The van der Waals surface area contributed by atoms with Gasteiger partial charge in [0.05, 0.1) is 6.04 Å². The van der Waals surface area contributed by atoms with E-state index in [4.69, 9.17) is 16.4 Å². The van der Waals surface area contributed by atoms with Crippen molar-refractivity contribution in [3.05, 3.63) is 40.3 Å². The van der Waals surface area contributed by atoms with Gasteiger partial charge < -0.3 is 16.2 Å². The zero-order valence-electron chi connectivity index (χ0n) is 12.1. The van der Waals surface area contributed by atoms with Crippen molar-refractivity contribution in [2.45, 2.75) is 31.7 Å². The molecule has 1 unspecified atom stereocenters. The van der Waals surface area contributed by atoms with E-state index in [0.717, 1.165) is 5.56 Å². The number of unbranched alkanes of at least 4 members (excludes halogenated alkanes) is 1. The van der Waals surface area contributed by atoms with Gasteiger partial charge in [0.2, 0.25) is 5.91 Å². The average Bonchev–Trinajstić information content (AvgIpc) is 2.48. The Morgan fingerprint density at radius 3 is 2.59 bits per heavy atom. The van der Waals surface area contributed by atoms with E-state index in [0.29, 0.717) is 31.5 Å². The SMILES string of the molecule is [N-]=[N+]=Nc1ccc(CC(N)C(=O)NCCCCC(=O)O)cc1. The number of hydrogen-bond donors (Lipinski definition) is 3. The van der Waals surface area contributed by atoms with E-state index in [9.17, 15) is 9.59 Å². The first-order chi connectivity index (χ1) is 10.5. The van der Waals surface area contributed by atoms with Gasteiger partial charge in [0.1, 0.15) is 0 Å². The molecule has 0 spiro atoms. The molecule has 0 saturated heterocycles. The summed E-state index contributed by atoms with van der Waals surface area (Å²) in [5.74, 6) is -1.11. The Labute approximate surface area is 127 Å². The topological polar surface area (TPSA) is 141 Å². The van der Waals surface area contributed by atoms with Gasteiger partial charge in [0.25, 0.3) is 0 Å². The molecule has 1 atom stereocenters. The zero-order chi connectivity index (χ0) is 16.4. The van der Waals surface area contributed by atoms with E-state index in [-0.39, 0.29) is 12.3 Å². The number of carbonyl (C=O) groups is 2. The molecule has 0 saturated carbocycles. The molecular weight excluding hydrogens is 286 g/mol. The molecular formula is C14H19N5O3. The maximum absolute atomic E-state index is 11.8. The van der Waals surface area contributed by atoms with Gasteiger partial charge in [-0.05, 0) is 30.4 Å².